The first kappa shape index (κ1) is 22.1. The van der Waals surface area contributed by atoms with Crippen LogP contribution in [0.3, 0.4) is 0 Å². The van der Waals surface area contributed by atoms with E-state index < -0.39 is 12.2 Å². The lowest BCUT2D eigenvalue weighted by Gasteiger charge is -2.14. The van der Waals surface area contributed by atoms with Crippen LogP contribution in [0.4, 0.5) is 14.9 Å². The number of rotatable bonds is 6. The molecule has 5 rings (SSSR count). The first-order valence-electron chi connectivity index (χ1n) is 10.7. The monoisotopic (exact) mass is 497 g/mol. The third-order valence-electron chi connectivity index (χ3n) is 5.74. The smallest absolute Gasteiger partial charge is 0.412 e. The molecule has 1 aliphatic rings. The molecule has 1 amide bonds. The second kappa shape index (κ2) is 9.29. The van der Waals surface area contributed by atoms with E-state index in [0.717, 1.165) is 39.5 Å². The lowest BCUT2D eigenvalue weighted by Crippen LogP contribution is -2.16. The molecule has 2 aromatic carbocycles. The summed E-state index contributed by atoms with van der Waals surface area (Å²) >= 11 is 8.55. The Labute approximate surface area is 204 Å². The van der Waals surface area contributed by atoms with Crippen LogP contribution in [0, 0.1) is 5.13 Å². The lowest BCUT2D eigenvalue weighted by molar-refractivity contribution is 0.121. The minimum atomic E-state index is -0.656. The van der Waals surface area contributed by atoms with Crippen molar-refractivity contribution in [2.75, 3.05) is 5.32 Å². The van der Waals surface area contributed by atoms with Gasteiger partial charge in [-0.2, -0.15) is 15.7 Å². The van der Waals surface area contributed by atoms with Crippen molar-refractivity contribution in [2.45, 2.75) is 31.8 Å². The zero-order valence-electron chi connectivity index (χ0n) is 17.8. The zero-order chi connectivity index (χ0) is 22.9. The molecule has 0 aliphatic heterocycles. The van der Waals surface area contributed by atoms with Crippen LogP contribution in [0.15, 0.2) is 65.4 Å². The topological polar surface area (TPSA) is 38.3 Å². The van der Waals surface area contributed by atoms with Crippen molar-refractivity contribution in [1.29, 1.82) is 0 Å². The van der Waals surface area contributed by atoms with Gasteiger partial charge in [0.15, 0.2) is 5.13 Å². The van der Waals surface area contributed by atoms with Crippen LogP contribution in [0.5, 0.6) is 0 Å². The Hall–Kier alpha value is -2.67. The van der Waals surface area contributed by atoms with Gasteiger partial charge in [0.25, 0.3) is 0 Å². The van der Waals surface area contributed by atoms with Crippen molar-refractivity contribution < 1.29 is 13.9 Å². The van der Waals surface area contributed by atoms with Gasteiger partial charge in [0.2, 0.25) is 0 Å². The summed E-state index contributed by atoms with van der Waals surface area (Å²) in [5, 5.41) is 6.49. The predicted octanol–water partition coefficient (Wildman–Crippen LogP) is 9.12. The molecule has 33 heavy (non-hydrogen) atoms. The summed E-state index contributed by atoms with van der Waals surface area (Å²) in [6.45, 7) is 1.75. The molecule has 1 N–H and O–H groups in total. The molecule has 1 saturated carbocycles. The highest BCUT2D eigenvalue weighted by Crippen LogP contribution is 2.41. The Morgan fingerprint density at radius 3 is 2.30 bits per heavy atom. The van der Waals surface area contributed by atoms with Gasteiger partial charge in [-0.3, -0.25) is 5.32 Å². The first-order valence-corrected chi connectivity index (χ1v) is 12.8. The molecule has 2 heterocycles. The number of carbonyl (C=O) groups excluding carboxylic acids is 1. The molecule has 3 nitrogen and oxygen atoms in total. The van der Waals surface area contributed by atoms with E-state index in [9.17, 15) is 9.18 Å². The summed E-state index contributed by atoms with van der Waals surface area (Å²) in [7, 11) is 0. The van der Waals surface area contributed by atoms with Crippen molar-refractivity contribution in [3.05, 3.63) is 86.6 Å². The summed E-state index contributed by atoms with van der Waals surface area (Å²) in [5.74, 6) is 0.734. The van der Waals surface area contributed by atoms with Gasteiger partial charge in [-0.05, 0) is 53.3 Å². The van der Waals surface area contributed by atoms with Crippen LogP contribution < -0.4 is 5.32 Å². The van der Waals surface area contributed by atoms with Crippen molar-refractivity contribution >= 4 is 46.1 Å². The van der Waals surface area contributed by atoms with Crippen molar-refractivity contribution in [3.63, 3.8) is 0 Å². The van der Waals surface area contributed by atoms with Crippen LogP contribution in [0.1, 0.15) is 42.9 Å². The minimum absolute atomic E-state index is 0.381. The van der Waals surface area contributed by atoms with Crippen molar-refractivity contribution in [3.8, 4) is 21.6 Å². The van der Waals surface area contributed by atoms with Crippen LogP contribution >= 0.6 is 34.3 Å². The van der Waals surface area contributed by atoms with E-state index in [-0.39, 0.29) is 5.13 Å². The Morgan fingerprint density at radius 2 is 1.70 bits per heavy atom. The molecule has 7 heteroatoms. The van der Waals surface area contributed by atoms with Gasteiger partial charge in [0, 0.05) is 17.0 Å². The number of carbonyl (C=O) groups is 1. The maximum absolute atomic E-state index is 14.1. The predicted molar refractivity (Wildman–Crippen MR) is 135 cm³/mol. The second-order valence-electron chi connectivity index (χ2n) is 8.11. The fraction of sp³-hybridized carbons (Fsp3) is 0.192. The highest BCUT2D eigenvalue weighted by molar-refractivity contribution is 7.14. The van der Waals surface area contributed by atoms with Gasteiger partial charge >= 0.3 is 6.09 Å². The number of thiophene rings is 2. The van der Waals surface area contributed by atoms with Gasteiger partial charge in [-0.1, -0.05) is 60.1 Å². The van der Waals surface area contributed by atoms with E-state index in [0.29, 0.717) is 15.6 Å². The van der Waals surface area contributed by atoms with Crippen molar-refractivity contribution in [2.24, 2.45) is 0 Å². The Bertz CT molecular complexity index is 1280. The molecule has 1 fully saturated rings. The van der Waals surface area contributed by atoms with Crippen LogP contribution in [0.2, 0.25) is 5.02 Å². The van der Waals surface area contributed by atoms with E-state index in [2.05, 4.69) is 29.6 Å². The molecular weight excluding hydrogens is 477 g/mol. The summed E-state index contributed by atoms with van der Waals surface area (Å²) in [4.78, 5) is 13.1. The maximum atomic E-state index is 14.1. The molecule has 1 aliphatic carbocycles. The maximum Gasteiger partial charge on any atom is 0.412 e. The highest BCUT2D eigenvalue weighted by Gasteiger charge is 2.23. The third-order valence-corrected chi connectivity index (χ3v) is 7.93. The molecule has 168 valence electrons. The Kier molecular flexibility index (Phi) is 6.23. The molecular formula is C26H21ClFNO2S2. The molecule has 0 saturated heterocycles. The summed E-state index contributed by atoms with van der Waals surface area (Å²) in [6, 6.07) is 17.9. The largest absolute Gasteiger partial charge is 0.441 e. The second-order valence-corrected chi connectivity index (χ2v) is 10.3. The number of halogens is 2. The number of anilines is 1. The van der Waals surface area contributed by atoms with Crippen molar-refractivity contribution in [1.82, 2.24) is 0 Å². The van der Waals surface area contributed by atoms with Gasteiger partial charge in [-0.15, -0.1) is 11.3 Å². The van der Waals surface area contributed by atoms with E-state index in [1.54, 1.807) is 12.3 Å². The Morgan fingerprint density at radius 1 is 1.06 bits per heavy atom. The van der Waals surface area contributed by atoms with Gasteiger partial charge in [-0.25, -0.2) is 4.79 Å². The van der Waals surface area contributed by atoms with Crippen LogP contribution in [0.25, 0.3) is 21.6 Å². The number of ether oxygens (including phenoxy) is 1. The molecule has 2 aromatic heterocycles. The number of nitrogens with one attached hydrogen (secondary N) is 1. The zero-order valence-corrected chi connectivity index (χ0v) is 20.2. The average Bonchev–Trinajstić information content (AvgIpc) is 3.47. The summed E-state index contributed by atoms with van der Waals surface area (Å²) in [5.41, 5.74) is 5.59. The molecule has 0 bridgehead atoms. The van der Waals surface area contributed by atoms with E-state index in [1.165, 1.54) is 35.8 Å². The number of hydrogen-bond donors (Lipinski definition) is 1. The summed E-state index contributed by atoms with van der Waals surface area (Å²) < 4.78 is 19.6. The normalized spacial score (nSPS) is 14.2. The molecule has 0 spiro atoms. The fourth-order valence-electron chi connectivity index (χ4n) is 3.79. The third kappa shape index (κ3) is 4.98. The first-order chi connectivity index (χ1) is 16.0. The van der Waals surface area contributed by atoms with E-state index >= 15 is 0 Å². The fourth-order valence-corrected chi connectivity index (χ4v) is 5.85. The lowest BCUT2D eigenvalue weighted by atomic mass is 10.0. The molecule has 1 unspecified atom stereocenters. The number of benzene rings is 2. The average molecular weight is 498 g/mol. The highest BCUT2D eigenvalue weighted by atomic mass is 35.5. The minimum Gasteiger partial charge on any atom is -0.441 e. The van der Waals surface area contributed by atoms with E-state index in [4.69, 9.17) is 16.3 Å². The number of hydrogen-bond acceptors (Lipinski definition) is 4. The van der Waals surface area contributed by atoms with Gasteiger partial charge < -0.3 is 4.74 Å². The van der Waals surface area contributed by atoms with Gasteiger partial charge in [0.1, 0.15) is 6.10 Å². The Balaban J connectivity index is 1.30. The van der Waals surface area contributed by atoms with Crippen LogP contribution in [-0.4, -0.2) is 6.09 Å². The van der Waals surface area contributed by atoms with Crippen LogP contribution in [-0.2, 0) is 4.74 Å². The SMILES string of the molecule is CC(OC(=O)Nc1cc(F)sc1-c1ccc(-c2ccc(C3CC3)cc2)cc1)c1cscc1Cl. The van der Waals surface area contributed by atoms with E-state index in [1.807, 2.05) is 29.6 Å². The molecule has 4 aromatic rings. The number of amides is 1. The molecule has 1 atom stereocenters. The standard InChI is InChI=1S/C26H21ClFNO2S2/c1-15(21-13-32-14-22(21)27)31-26(30)29-23-12-24(28)33-25(23)20-10-8-19(9-11-20)18-6-4-17(5-7-18)16-2-3-16/h4-16H,2-3H2,1H3,(H,29,30). The quantitative estimate of drug-likeness (QED) is 0.288. The molecule has 0 radical (unpaired) electrons. The summed E-state index contributed by atoms with van der Waals surface area (Å²) in [6.07, 6.45) is 1.41. The van der Waals surface area contributed by atoms with Gasteiger partial charge in [0.05, 0.1) is 15.6 Å².